The minimum atomic E-state index is 0.657. The van der Waals surface area contributed by atoms with Crippen molar-refractivity contribution >= 4 is 0 Å². The van der Waals surface area contributed by atoms with Crippen LogP contribution >= 0.6 is 0 Å². The van der Waals surface area contributed by atoms with Crippen LogP contribution in [0.4, 0.5) is 0 Å². The first-order chi connectivity index (χ1) is 8.81. The highest BCUT2D eigenvalue weighted by atomic mass is 14.1. The fraction of sp³-hybridized carbons (Fsp3) is 0.333. The van der Waals surface area contributed by atoms with Gasteiger partial charge in [0.15, 0.2) is 0 Å². The van der Waals surface area contributed by atoms with E-state index in [2.05, 4.69) is 68.4 Å². The van der Waals surface area contributed by atoms with E-state index in [1.165, 1.54) is 23.1 Å². The number of hydrogen-bond acceptors (Lipinski definition) is 0. The summed E-state index contributed by atoms with van der Waals surface area (Å²) in [5.41, 5.74) is 4.02. The Morgan fingerprint density at radius 3 is 1.78 bits per heavy atom. The molecule has 0 amide bonds. The molecule has 2 aromatic carbocycles. The molecule has 0 aliphatic rings. The molecule has 0 radical (unpaired) electrons. The van der Waals surface area contributed by atoms with Crippen LogP contribution in [0, 0.1) is 0 Å². The molecule has 0 aliphatic heterocycles. The van der Waals surface area contributed by atoms with Crippen LogP contribution in [0.25, 0.3) is 11.1 Å². The van der Waals surface area contributed by atoms with Crippen molar-refractivity contribution in [1.29, 1.82) is 0 Å². The normalized spacial score (nSPS) is 11.3. The van der Waals surface area contributed by atoms with Crippen LogP contribution in [0.5, 0.6) is 0 Å². The maximum atomic E-state index is 2.28. The summed E-state index contributed by atoms with van der Waals surface area (Å²) in [5.74, 6) is 0.657. The molecule has 0 fully saturated rings. The zero-order valence-corrected chi connectivity index (χ0v) is 12.0. The summed E-state index contributed by atoms with van der Waals surface area (Å²) in [4.78, 5) is 0. The fourth-order valence-electron chi connectivity index (χ4n) is 1.87. The van der Waals surface area contributed by atoms with Crippen molar-refractivity contribution in [2.75, 3.05) is 0 Å². The molecule has 1 unspecified atom stereocenters. The Morgan fingerprint density at radius 1 is 0.778 bits per heavy atom. The second-order valence-corrected chi connectivity index (χ2v) is 4.30. The average Bonchev–Trinajstić information content (AvgIpc) is 2.49. The number of benzene rings is 2. The van der Waals surface area contributed by atoms with Gasteiger partial charge in [0.2, 0.25) is 0 Å². The van der Waals surface area contributed by atoms with Crippen molar-refractivity contribution < 1.29 is 0 Å². The van der Waals surface area contributed by atoms with Gasteiger partial charge in [0.05, 0.1) is 0 Å². The summed E-state index contributed by atoms with van der Waals surface area (Å²) < 4.78 is 0. The Morgan fingerprint density at radius 2 is 1.28 bits per heavy atom. The molecule has 0 saturated carbocycles. The van der Waals surface area contributed by atoms with Crippen LogP contribution in [-0.4, -0.2) is 0 Å². The van der Waals surface area contributed by atoms with Crippen LogP contribution in [0.15, 0.2) is 54.6 Å². The monoisotopic (exact) mass is 240 g/mol. The van der Waals surface area contributed by atoms with Gasteiger partial charge in [-0.15, -0.1) is 0 Å². The lowest BCUT2D eigenvalue weighted by Gasteiger charge is -2.09. The third kappa shape index (κ3) is 3.73. The molecule has 0 saturated heterocycles. The molecule has 96 valence electrons. The molecule has 0 N–H and O–H groups in total. The highest BCUT2D eigenvalue weighted by Crippen LogP contribution is 2.23. The Bertz CT molecular complexity index is 425. The van der Waals surface area contributed by atoms with Crippen molar-refractivity contribution in [1.82, 2.24) is 0 Å². The van der Waals surface area contributed by atoms with E-state index >= 15 is 0 Å². The van der Waals surface area contributed by atoms with Crippen LogP contribution in [-0.2, 0) is 0 Å². The van der Waals surface area contributed by atoms with Crippen molar-refractivity contribution in [3.8, 4) is 11.1 Å². The van der Waals surface area contributed by atoms with Gasteiger partial charge in [-0.25, -0.2) is 0 Å². The number of hydrogen-bond donors (Lipinski definition) is 0. The highest BCUT2D eigenvalue weighted by Gasteiger charge is 2.02. The van der Waals surface area contributed by atoms with E-state index < -0.39 is 0 Å². The summed E-state index contributed by atoms with van der Waals surface area (Å²) in [5, 5.41) is 0. The summed E-state index contributed by atoms with van der Waals surface area (Å²) in [6.07, 6.45) is 1.20. The fourth-order valence-corrected chi connectivity index (χ4v) is 1.87. The highest BCUT2D eigenvalue weighted by molar-refractivity contribution is 5.63. The molecule has 0 aliphatic carbocycles. The summed E-state index contributed by atoms with van der Waals surface area (Å²) in [6, 6.07) is 19.4. The molecule has 2 aromatic rings. The SMILES string of the molecule is CC.CCC(C)c1ccc(-c2ccccc2)cc1. The predicted molar refractivity (Wildman–Crippen MR) is 81.9 cm³/mol. The zero-order chi connectivity index (χ0) is 13.4. The second kappa shape index (κ2) is 7.71. The van der Waals surface area contributed by atoms with Gasteiger partial charge in [0.1, 0.15) is 0 Å². The Kier molecular flexibility index (Phi) is 6.21. The van der Waals surface area contributed by atoms with Crippen LogP contribution < -0.4 is 0 Å². The third-order valence-electron chi connectivity index (χ3n) is 3.20. The first-order valence-electron chi connectivity index (χ1n) is 6.96. The molecule has 18 heavy (non-hydrogen) atoms. The molecule has 0 nitrogen and oxygen atoms in total. The quantitative estimate of drug-likeness (QED) is 0.627. The van der Waals surface area contributed by atoms with Crippen LogP contribution in [0.2, 0.25) is 0 Å². The predicted octanol–water partition coefficient (Wildman–Crippen LogP) is 5.89. The van der Waals surface area contributed by atoms with E-state index in [1.807, 2.05) is 13.8 Å². The molecule has 2 rings (SSSR count). The van der Waals surface area contributed by atoms with E-state index in [0.29, 0.717) is 5.92 Å². The topological polar surface area (TPSA) is 0 Å². The molecule has 0 aromatic heterocycles. The first kappa shape index (κ1) is 14.5. The summed E-state index contributed by atoms with van der Waals surface area (Å²) >= 11 is 0. The van der Waals surface area contributed by atoms with Crippen LogP contribution in [0.3, 0.4) is 0 Å². The Hall–Kier alpha value is -1.56. The van der Waals surface area contributed by atoms with Gasteiger partial charge in [0.25, 0.3) is 0 Å². The summed E-state index contributed by atoms with van der Waals surface area (Å²) in [7, 11) is 0. The van der Waals surface area contributed by atoms with Crippen molar-refractivity contribution in [2.45, 2.75) is 40.0 Å². The average molecular weight is 240 g/mol. The van der Waals surface area contributed by atoms with Crippen molar-refractivity contribution in [2.24, 2.45) is 0 Å². The van der Waals surface area contributed by atoms with Crippen molar-refractivity contribution in [3.63, 3.8) is 0 Å². The lowest BCUT2D eigenvalue weighted by Crippen LogP contribution is -1.90. The van der Waals surface area contributed by atoms with Gasteiger partial charge >= 0.3 is 0 Å². The molecule has 0 bridgehead atoms. The zero-order valence-electron chi connectivity index (χ0n) is 12.0. The Labute approximate surface area is 112 Å². The molecular weight excluding hydrogens is 216 g/mol. The van der Waals surface area contributed by atoms with Gasteiger partial charge in [-0.3, -0.25) is 0 Å². The lowest BCUT2D eigenvalue weighted by atomic mass is 9.96. The second-order valence-electron chi connectivity index (χ2n) is 4.30. The lowest BCUT2D eigenvalue weighted by molar-refractivity contribution is 0.734. The first-order valence-corrected chi connectivity index (χ1v) is 6.96. The van der Waals surface area contributed by atoms with Crippen LogP contribution in [0.1, 0.15) is 45.6 Å². The van der Waals surface area contributed by atoms with Gasteiger partial charge in [-0.2, -0.15) is 0 Å². The van der Waals surface area contributed by atoms with E-state index in [1.54, 1.807) is 0 Å². The third-order valence-corrected chi connectivity index (χ3v) is 3.20. The maximum Gasteiger partial charge on any atom is -0.0184 e. The Balaban J connectivity index is 0.000000771. The van der Waals surface area contributed by atoms with E-state index in [9.17, 15) is 0 Å². The van der Waals surface area contributed by atoms with Gasteiger partial charge in [0, 0.05) is 0 Å². The smallest absolute Gasteiger partial charge is 0.0184 e. The standard InChI is InChI=1S/C16H18.C2H6/c1-3-13(2)14-9-11-16(12-10-14)15-7-5-4-6-8-15;1-2/h4-13H,3H2,1-2H3;1-2H3. The molecule has 1 atom stereocenters. The number of rotatable bonds is 3. The van der Waals surface area contributed by atoms with Crippen molar-refractivity contribution in [3.05, 3.63) is 60.2 Å². The molecule has 0 heterocycles. The minimum absolute atomic E-state index is 0.657. The molecule has 0 spiro atoms. The van der Waals surface area contributed by atoms with Gasteiger partial charge < -0.3 is 0 Å². The van der Waals surface area contributed by atoms with E-state index in [-0.39, 0.29) is 0 Å². The van der Waals surface area contributed by atoms with Gasteiger partial charge in [-0.1, -0.05) is 82.3 Å². The molecular formula is C18H24. The summed E-state index contributed by atoms with van der Waals surface area (Å²) in [6.45, 7) is 8.51. The minimum Gasteiger partial charge on any atom is -0.0683 e. The van der Waals surface area contributed by atoms with E-state index in [0.717, 1.165) is 0 Å². The van der Waals surface area contributed by atoms with E-state index in [4.69, 9.17) is 0 Å². The largest absolute Gasteiger partial charge is 0.0683 e. The molecule has 0 heteroatoms. The maximum absolute atomic E-state index is 2.28. The van der Waals surface area contributed by atoms with Gasteiger partial charge in [-0.05, 0) is 29.0 Å².